The van der Waals surface area contributed by atoms with Crippen LogP contribution in [0.15, 0.2) is 6.07 Å². The van der Waals surface area contributed by atoms with Crippen LogP contribution < -0.4 is 0 Å². The zero-order chi connectivity index (χ0) is 11.4. The minimum absolute atomic E-state index is 1.16. The van der Waals surface area contributed by atoms with Gasteiger partial charge < -0.3 is 0 Å². The molecule has 15 heavy (non-hydrogen) atoms. The fourth-order valence-electron chi connectivity index (χ4n) is 2.62. The van der Waals surface area contributed by atoms with Gasteiger partial charge in [0.05, 0.1) is 0 Å². The summed E-state index contributed by atoms with van der Waals surface area (Å²) >= 11 is 0. The second-order valence-electron chi connectivity index (χ2n) is 4.19. The topological polar surface area (TPSA) is 0 Å². The number of benzene rings is 1. The molecule has 0 amide bonds. The van der Waals surface area contributed by atoms with Gasteiger partial charge in [0.15, 0.2) is 0 Å². The molecule has 0 saturated heterocycles. The SMILES string of the molecule is CCc1cc(CC)c(CC)c(CC)c1C. The van der Waals surface area contributed by atoms with Gasteiger partial charge in [-0.1, -0.05) is 33.8 Å². The molecule has 0 radical (unpaired) electrons. The highest BCUT2D eigenvalue weighted by Crippen LogP contribution is 2.25. The quantitative estimate of drug-likeness (QED) is 0.688. The highest BCUT2D eigenvalue weighted by atomic mass is 14.2. The average molecular weight is 204 g/mol. The predicted molar refractivity (Wildman–Crippen MR) is 68.7 cm³/mol. The lowest BCUT2D eigenvalue weighted by Crippen LogP contribution is -2.04. The van der Waals surface area contributed by atoms with E-state index in [0.29, 0.717) is 0 Å². The maximum absolute atomic E-state index is 2.42. The molecule has 0 unspecified atom stereocenters. The van der Waals surface area contributed by atoms with Gasteiger partial charge in [-0.2, -0.15) is 0 Å². The third-order valence-corrected chi connectivity index (χ3v) is 3.50. The van der Waals surface area contributed by atoms with Gasteiger partial charge in [-0.3, -0.25) is 0 Å². The Kier molecular flexibility index (Phi) is 4.38. The van der Waals surface area contributed by atoms with Gasteiger partial charge in [-0.25, -0.2) is 0 Å². The first kappa shape index (κ1) is 12.3. The largest absolute Gasteiger partial charge is 0.0613 e. The van der Waals surface area contributed by atoms with Crippen LogP contribution in [0.1, 0.15) is 55.5 Å². The third-order valence-electron chi connectivity index (χ3n) is 3.50. The summed E-state index contributed by atoms with van der Waals surface area (Å²) in [5.41, 5.74) is 7.86. The molecule has 0 fully saturated rings. The van der Waals surface area contributed by atoms with Crippen LogP contribution >= 0.6 is 0 Å². The van der Waals surface area contributed by atoms with Crippen molar-refractivity contribution in [3.63, 3.8) is 0 Å². The Labute approximate surface area is 94.7 Å². The Hall–Kier alpha value is -0.780. The summed E-state index contributed by atoms with van der Waals surface area (Å²) in [6, 6.07) is 2.42. The first-order valence-corrected chi connectivity index (χ1v) is 6.32. The van der Waals surface area contributed by atoms with Crippen molar-refractivity contribution in [2.75, 3.05) is 0 Å². The number of hydrogen-bond acceptors (Lipinski definition) is 0. The lowest BCUT2D eigenvalue weighted by molar-refractivity contribution is 0.943. The molecule has 0 heteroatoms. The van der Waals surface area contributed by atoms with Gasteiger partial charge in [0.1, 0.15) is 0 Å². The van der Waals surface area contributed by atoms with Crippen molar-refractivity contribution < 1.29 is 0 Å². The smallest absolute Gasteiger partial charge is 0.0302 e. The third kappa shape index (κ3) is 2.25. The van der Waals surface area contributed by atoms with E-state index in [-0.39, 0.29) is 0 Å². The van der Waals surface area contributed by atoms with Crippen LogP contribution in [0, 0.1) is 6.92 Å². The molecule has 0 aliphatic heterocycles. The van der Waals surface area contributed by atoms with E-state index in [2.05, 4.69) is 40.7 Å². The van der Waals surface area contributed by atoms with Crippen LogP contribution in [-0.2, 0) is 25.7 Å². The molecule has 0 aliphatic carbocycles. The normalized spacial score (nSPS) is 10.7. The average Bonchev–Trinajstić information content (AvgIpc) is 2.28. The van der Waals surface area contributed by atoms with E-state index in [1.807, 2.05) is 0 Å². The van der Waals surface area contributed by atoms with E-state index in [1.165, 1.54) is 24.8 Å². The lowest BCUT2D eigenvalue weighted by Gasteiger charge is -2.18. The van der Waals surface area contributed by atoms with Gasteiger partial charge >= 0.3 is 0 Å². The Morgan fingerprint density at radius 3 is 1.67 bits per heavy atom. The Balaban J connectivity index is 3.43. The summed E-state index contributed by atoms with van der Waals surface area (Å²) < 4.78 is 0. The molecule has 0 aliphatic rings. The molecule has 0 spiro atoms. The molecule has 0 atom stereocenters. The number of hydrogen-bond donors (Lipinski definition) is 0. The molecular weight excluding hydrogens is 180 g/mol. The van der Waals surface area contributed by atoms with Crippen molar-refractivity contribution in [1.82, 2.24) is 0 Å². The molecule has 0 nitrogen and oxygen atoms in total. The van der Waals surface area contributed by atoms with Crippen LogP contribution in [0.4, 0.5) is 0 Å². The molecule has 0 N–H and O–H groups in total. The van der Waals surface area contributed by atoms with Gasteiger partial charge in [-0.05, 0) is 60.4 Å². The maximum Gasteiger partial charge on any atom is -0.0302 e. The molecule has 0 heterocycles. The lowest BCUT2D eigenvalue weighted by atomic mass is 9.88. The second kappa shape index (κ2) is 5.34. The van der Waals surface area contributed by atoms with Gasteiger partial charge in [-0.15, -0.1) is 0 Å². The Morgan fingerprint density at radius 2 is 1.27 bits per heavy atom. The van der Waals surface area contributed by atoms with Crippen LogP contribution in [0.3, 0.4) is 0 Å². The van der Waals surface area contributed by atoms with E-state index in [4.69, 9.17) is 0 Å². The Bertz CT molecular complexity index is 334. The van der Waals surface area contributed by atoms with Crippen LogP contribution in [0.5, 0.6) is 0 Å². The van der Waals surface area contributed by atoms with Crippen molar-refractivity contribution >= 4 is 0 Å². The van der Waals surface area contributed by atoms with E-state index in [0.717, 1.165) is 6.42 Å². The Morgan fingerprint density at radius 1 is 0.733 bits per heavy atom. The van der Waals surface area contributed by atoms with Crippen molar-refractivity contribution in [2.24, 2.45) is 0 Å². The van der Waals surface area contributed by atoms with Gasteiger partial charge in [0.2, 0.25) is 0 Å². The maximum atomic E-state index is 2.42. The highest BCUT2D eigenvalue weighted by Gasteiger charge is 2.10. The van der Waals surface area contributed by atoms with Crippen molar-refractivity contribution in [3.05, 3.63) is 33.9 Å². The van der Waals surface area contributed by atoms with Gasteiger partial charge in [0, 0.05) is 0 Å². The fourth-order valence-corrected chi connectivity index (χ4v) is 2.62. The molecule has 0 bridgehead atoms. The van der Waals surface area contributed by atoms with Crippen molar-refractivity contribution in [3.8, 4) is 0 Å². The molecule has 1 rings (SSSR count). The first-order valence-electron chi connectivity index (χ1n) is 6.32. The summed E-state index contributed by atoms with van der Waals surface area (Å²) in [5, 5.41) is 0. The summed E-state index contributed by atoms with van der Waals surface area (Å²) in [5.74, 6) is 0. The molecule has 1 aromatic rings. The first-order chi connectivity index (χ1) is 7.19. The zero-order valence-corrected chi connectivity index (χ0v) is 10.9. The predicted octanol–water partition coefficient (Wildman–Crippen LogP) is 4.24. The summed E-state index contributed by atoms with van der Waals surface area (Å²) in [4.78, 5) is 0. The summed E-state index contributed by atoms with van der Waals surface area (Å²) in [7, 11) is 0. The summed E-state index contributed by atoms with van der Waals surface area (Å²) in [6.07, 6.45) is 4.69. The highest BCUT2D eigenvalue weighted by molar-refractivity contribution is 5.45. The minimum Gasteiger partial charge on any atom is -0.0613 e. The minimum atomic E-state index is 1.16. The van der Waals surface area contributed by atoms with E-state index in [1.54, 1.807) is 22.3 Å². The second-order valence-corrected chi connectivity index (χ2v) is 4.19. The molecular formula is C15H24. The number of rotatable bonds is 4. The molecule has 84 valence electrons. The van der Waals surface area contributed by atoms with Gasteiger partial charge in [0.25, 0.3) is 0 Å². The zero-order valence-electron chi connectivity index (χ0n) is 10.9. The van der Waals surface area contributed by atoms with E-state index < -0.39 is 0 Å². The van der Waals surface area contributed by atoms with Crippen LogP contribution in [0.2, 0.25) is 0 Å². The number of aryl methyl sites for hydroxylation is 2. The molecule has 0 aromatic heterocycles. The van der Waals surface area contributed by atoms with E-state index >= 15 is 0 Å². The summed E-state index contributed by atoms with van der Waals surface area (Å²) in [6.45, 7) is 11.4. The van der Waals surface area contributed by atoms with Crippen LogP contribution in [-0.4, -0.2) is 0 Å². The molecule has 1 aromatic carbocycles. The van der Waals surface area contributed by atoms with Crippen molar-refractivity contribution in [2.45, 2.75) is 60.3 Å². The molecule has 0 saturated carbocycles. The monoisotopic (exact) mass is 204 g/mol. The standard InChI is InChI=1S/C15H24/c1-6-12-10-13(7-2)15(9-4)14(8-3)11(12)5/h10H,6-9H2,1-5H3. The van der Waals surface area contributed by atoms with E-state index in [9.17, 15) is 0 Å². The fraction of sp³-hybridized carbons (Fsp3) is 0.600. The van der Waals surface area contributed by atoms with Crippen LogP contribution in [0.25, 0.3) is 0 Å². The van der Waals surface area contributed by atoms with Crippen molar-refractivity contribution in [1.29, 1.82) is 0 Å².